The van der Waals surface area contributed by atoms with Crippen LogP contribution in [0.15, 0.2) is 48.5 Å². The molecular weight excluding hydrogens is 312 g/mol. The molecule has 0 fully saturated rings. The van der Waals surface area contributed by atoms with Crippen LogP contribution in [0.1, 0.15) is 16.1 Å². The summed E-state index contributed by atoms with van der Waals surface area (Å²) in [7, 11) is 1.83. The van der Waals surface area contributed by atoms with Crippen molar-refractivity contribution in [2.45, 2.75) is 6.42 Å². The number of para-hydroxylation sites is 1. The quantitative estimate of drug-likeness (QED) is 0.768. The summed E-state index contributed by atoms with van der Waals surface area (Å²) in [6.07, 6.45) is 0.600. The van der Waals surface area contributed by atoms with Crippen LogP contribution in [-0.2, 0) is 13.5 Å². The zero-order valence-electron chi connectivity index (χ0n) is 12.7. The van der Waals surface area contributed by atoms with Gasteiger partial charge in [-0.2, -0.15) is 0 Å². The minimum absolute atomic E-state index is 0.108. The van der Waals surface area contributed by atoms with Gasteiger partial charge in [0.05, 0.1) is 5.02 Å². The van der Waals surface area contributed by atoms with E-state index >= 15 is 0 Å². The fourth-order valence-corrected chi connectivity index (χ4v) is 3.05. The summed E-state index contributed by atoms with van der Waals surface area (Å²) < 4.78 is 1.80. The molecule has 3 aromatic rings. The number of carbonyl (C=O) groups is 1. The number of aliphatic hydroxyl groups is 1. The Kier molecular flexibility index (Phi) is 4.37. The van der Waals surface area contributed by atoms with E-state index in [1.807, 2.05) is 55.6 Å². The number of aliphatic hydroxyl groups excluding tert-OH is 1. The van der Waals surface area contributed by atoms with E-state index in [-0.39, 0.29) is 12.5 Å². The van der Waals surface area contributed by atoms with E-state index < -0.39 is 0 Å². The van der Waals surface area contributed by atoms with E-state index in [2.05, 4.69) is 5.32 Å². The summed E-state index contributed by atoms with van der Waals surface area (Å²) in [5.41, 5.74) is 3.07. The summed E-state index contributed by atoms with van der Waals surface area (Å²) >= 11 is 6.38. The minimum atomic E-state index is -0.247. The third-order valence-corrected chi connectivity index (χ3v) is 4.26. The highest BCUT2D eigenvalue weighted by atomic mass is 35.5. The van der Waals surface area contributed by atoms with Crippen molar-refractivity contribution in [3.63, 3.8) is 0 Å². The Morgan fingerprint density at radius 3 is 2.52 bits per heavy atom. The lowest BCUT2D eigenvalue weighted by atomic mass is 10.1. The van der Waals surface area contributed by atoms with Gasteiger partial charge in [-0.3, -0.25) is 4.79 Å². The van der Waals surface area contributed by atoms with Crippen LogP contribution >= 0.6 is 11.6 Å². The number of anilines is 1. The number of nitrogens with zero attached hydrogens (tertiary/aromatic N) is 1. The normalized spacial score (nSPS) is 10.9. The Bertz CT molecular complexity index is 814. The summed E-state index contributed by atoms with van der Waals surface area (Å²) in [6.45, 7) is 0.108. The van der Waals surface area contributed by atoms with Gasteiger partial charge in [0, 0.05) is 30.2 Å². The average molecular weight is 329 g/mol. The van der Waals surface area contributed by atoms with Gasteiger partial charge in [-0.05, 0) is 30.2 Å². The van der Waals surface area contributed by atoms with Crippen LogP contribution in [0.3, 0.4) is 0 Å². The molecule has 0 saturated carbocycles. The molecule has 0 saturated heterocycles. The molecule has 3 rings (SSSR count). The summed E-state index contributed by atoms with van der Waals surface area (Å²) in [5.74, 6) is -0.247. The van der Waals surface area contributed by atoms with Crippen LogP contribution in [0.4, 0.5) is 5.69 Å². The van der Waals surface area contributed by atoms with Crippen molar-refractivity contribution < 1.29 is 9.90 Å². The number of carbonyl (C=O) groups excluding carboxylic acids is 1. The molecule has 0 aliphatic rings. The number of nitrogens with one attached hydrogen (secondary N) is 1. The lowest BCUT2D eigenvalue weighted by molar-refractivity contribution is 0.102. The molecule has 0 unspecified atom stereocenters. The fourth-order valence-electron chi connectivity index (χ4n) is 2.67. The first kappa shape index (κ1) is 15.6. The average Bonchev–Trinajstić information content (AvgIpc) is 2.81. The van der Waals surface area contributed by atoms with E-state index in [4.69, 9.17) is 16.7 Å². The van der Waals surface area contributed by atoms with Gasteiger partial charge in [0.1, 0.15) is 5.69 Å². The standard InChI is InChI=1S/C18H17ClN2O2/c1-21-15-5-3-2-4-14(15)16(19)17(21)18(23)20-13-8-6-12(7-9-13)10-11-22/h2-9,22H,10-11H2,1H3,(H,20,23). The molecule has 5 heteroatoms. The number of hydrogen-bond donors (Lipinski definition) is 2. The highest BCUT2D eigenvalue weighted by molar-refractivity contribution is 6.39. The van der Waals surface area contributed by atoms with Gasteiger partial charge in [-0.15, -0.1) is 0 Å². The lowest BCUT2D eigenvalue weighted by Gasteiger charge is -2.08. The molecule has 0 radical (unpaired) electrons. The van der Waals surface area contributed by atoms with Gasteiger partial charge in [0.25, 0.3) is 5.91 Å². The maximum atomic E-state index is 12.6. The van der Waals surface area contributed by atoms with Crippen LogP contribution in [0, 0.1) is 0 Å². The highest BCUT2D eigenvalue weighted by Crippen LogP contribution is 2.30. The van der Waals surface area contributed by atoms with Gasteiger partial charge < -0.3 is 15.0 Å². The van der Waals surface area contributed by atoms with Crippen molar-refractivity contribution in [3.8, 4) is 0 Å². The molecule has 0 aliphatic carbocycles. The molecule has 1 heterocycles. The third kappa shape index (κ3) is 2.96. The van der Waals surface area contributed by atoms with Gasteiger partial charge in [-0.25, -0.2) is 0 Å². The summed E-state index contributed by atoms with van der Waals surface area (Å²) in [4.78, 5) is 12.6. The topological polar surface area (TPSA) is 54.3 Å². The van der Waals surface area contributed by atoms with Crippen molar-refractivity contribution in [2.24, 2.45) is 7.05 Å². The van der Waals surface area contributed by atoms with E-state index in [0.29, 0.717) is 22.8 Å². The molecule has 0 spiro atoms. The zero-order valence-corrected chi connectivity index (χ0v) is 13.5. The van der Waals surface area contributed by atoms with Crippen LogP contribution in [-0.4, -0.2) is 22.2 Å². The largest absolute Gasteiger partial charge is 0.396 e. The molecule has 0 atom stereocenters. The predicted octanol–water partition coefficient (Wildman–Crippen LogP) is 3.62. The molecule has 1 amide bonds. The van der Waals surface area contributed by atoms with Gasteiger partial charge in [0.2, 0.25) is 0 Å². The van der Waals surface area contributed by atoms with E-state index in [9.17, 15) is 4.79 Å². The molecule has 2 aromatic carbocycles. The van der Waals surface area contributed by atoms with Crippen molar-refractivity contribution in [1.29, 1.82) is 0 Å². The second-order valence-corrected chi connectivity index (χ2v) is 5.74. The fraction of sp³-hybridized carbons (Fsp3) is 0.167. The van der Waals surface area contributed by atoms with Gasteiger partial charge in [0.15, 0.2) is 0 Å². The second-order valence-electron chi connectivity index (χ2n) is 5.36. The monoisotopic (exact) mass is 328 g/mol. The third-order valence-electron chi connectivity index (χ3n) is 3.87. The van der Waals surface area contributed by atoms with Crippen molar-refractivity contribution in [3.05, 3.63) is 64.8 Å². The number of fused-ring (bicyclic) bond motifs is 1. The molecule has 0 aliphatic heterocycles. The van der Waals surface area contributed by atoms with Crippen LogP contribution < -0.4 is 5.32 Å². The molecule has 23 heavy (non-hydrogen) atoms. The maximum Gasteiger partial charge on any atom is 0.273 e. The number of amides is 1. The minimum Gasteiger partial charge on any atom is -0.396 e. The van der Waals surface area contributed by atoms with E-state index in [1.54, 1.807) is 4.57 Å². The number of hydrogen-bond acceptors (Lipinski definition) is 2. The van der Waals surface area contributed by atoms with Crippen LogP contribution in [0.5, 0.6) is 0 Å². The Morgan fingerprint density at radius 1 is 1.17 bits per heavy atom. The summed E-state index contributed by atoms with van der Waals surface area (Å²) in [6, 6.07) is 15.1. The Balaban J connectivity index is 1.89. The SMILES string of the molecule is Cn1c(C(=O)Nc2ccc(CCO)cc2)c(Cl)c2ccccc21. The highest BCUT2D eigenvalue weighted by Gasteiger charge is 2.19. The smallest absolute Gasteiger partial charge is 0.273 e. The Morgan fingerprint density at radius 2 is 1.87 bits per heavy atom. The van der Waals surface area contributed by atoms with Crippen LogP contribution in [0.25, 0.3) is 10.9 Å². The number of aryl methyl sites for hydroxylation is 1. The van der Waals surface area contributed by atoms with Gasteiger partial charge >= 0.3 is 0 Å². The van der Waals surface area contributed by atoms with Crippen molar-refractivity contribution in [1.82, 2.24) is 4.57 Å². The number of halogens is 1. The van der Waals surface area contributed by atoms with E-state index in [0.717, 1.165) is 16.5 Å². The summed E-state index contributed by atoms with van der Waals surface area (Å²) in [5, 5.41) is 13.1. The predicted molar refractivity (Wildman–Crippen MR) is 93.1 cm³/mol. The molecule has 1 aromatic heterocycles. The van der Waals surface area contributed by atoms with E-state index in [1.165, 1.54) is 0 Å². The first-order chi connectivity index (χ1) is 11.1. The first-order valence-corrected chi connectivity index (χ1v) is 7.73. The lowest BCUT2D eigenvalue weighted by Crippen LogP contribution is -2.16. The molecular formula is C18H17ClN2O2. The van der Waals surface area contributed by atoms with Crippen molar-refractivity contribution >= 4 is 34.1 Å². The maximum absolute atomic E-state index is 12.6. The van der Waals surface area contributed by atoms with Crippen molar-refractivity contribution in [2.75, 3.05) is 11.9 Å². The van der Waals surface area contributed by atoms with Crippen LogP contribution in [0.2, 0.25) is 5.02 Å². The number of benzene rings is 2. The van der Waals surface area contributed by atoms with Gasteiger partial charge in [-0.1, -0.05) is 41.9 Å². The Labute approximate surface area is 139 Å². The number of rotatable bonds is 4. The zero-order chi connectivity index (χ0) is 16.4. The molecule has 4 nitrogen and oxygen atoms in total. The number of aromatic nitrogens is 1. The first-order valence-electron chi connectivity index (χ1n) is 7.36. The molecule has 2 N–H and O–H groups in total. The Hall–Kier alpha value is -2.30. The molecule has 118 valence electrons. The molecule has 0 bridgehead atoms. The second kappa shape index (κ2) is 6.44.